The molecule has 0 saturated carbocycles. The summed E-state index contributed by atoms with van der Waals surface area (Å²) in [5.41, 5.74) is 1.95. The maximum atomic E-state index is 11.1. The smallest absolute Gasteiger partial charge is 0.221 e. The zero-order chi connectivity index (χ0) is 11.7. The van der Waals surface area contributed by atoms with Gasteiger partial charge in [0.2, 0.25) is 5.91 Å². The number of hydrogen-bond donors (Lipinski definition) is 1. The number of carbonyl (C=O) groups is 1. The van der Waals surface area contributed by atoms with Gasteiger partial charge in [-0.15, -0.1) is 9.24 Å². The van der Waals surface area contributed by atoms with Crippen molar-refractivity contribution in [3.63, 3.8) is 0 Å². The highest BCUT2D eigenvalue weighted by atomic mass is 127. The van der Waals surface area contributed by atoms with E-state index < -0.39 is 0 Å². The SMILES string of the molecule is CC(=O)Nc1cc2c(ccn2SI)cc1P. The van der Waals surface area contributed by atoms with Crippen LogP contribution in [0, 0.1) is 0 Å². The van der Waals surface area contributed by atoms with E-state index >= 15 is 0 Å². The molecule has 6 heteroatoms. The molecule has 0 aliphatic carbocycles. The molecule has 0 spiro atoms. The second-order valence-electron chi connectivity index (χ2n) is 3.39. The van der Waals surface area contributed by atoms with Gasteiger partial charge in [-0.2, -0.15) is 0 Å². The highest BCUT2D eigenvalue weighted by molar-refractivity contribution is 14.2. The van der Waals surface area contributed by atoms with Crippen LogP contribution in [0.25, 0.3) is 10.9 Å². The van der Waals surface area contributed by atoms with Crippen molar-refractivity contribution in [3.8, 4) is 0 Å². The largest absolute Gasteiger partial charge is 0.326 e. The molecular formula is C10H10IN2OPS. The lowest BCUT2D eigenvalue weighted by Gasteiger charge is -2.07. The Kier molecular flexibility index (Phi) is 3.77. The number of benzene rings is 1. The molecule has 0 aliphatic heterocycles. The minimum absolute atomic E-state index is 0.0525. The zero-order valence-electron chi connectivity index (χ0n) is 8.53. The van der Waals surface area contributed by atoms with Gasteiger partial charge in [-0.3, -0.25) is 8.77 Å². The number of halogens is 1. The highest BCUT2D eigenvalue weighted by Gasteiger charge is 2.06. The minimum atomic E-state index is -0.0525. The van der Waals surface area contributed by atoms with Crippen LogP contribution < -0.4 is 10.6 Å². The third-order valence-electron chi connectivity index (χ3n) is 2.21. The van der Waals surface area contributed by atoms with E-state index in [0.717, 1.165) is 16.5 Å². The van der Waals surface area contributed by atoms with Crippen LogP contribution in [0.4, 0.5) is 5.69 Å². The Labute approximate surface area is 112 Å². The van der Waals surface area contributed by atoms with Crippen LogP contribution >= 0.6 is 39.6 Å². The number of rotatable bonds is 2. The van der Waals surface area contributed by atoms with Gasteiger partial charge in [-0.25, -0.2) is 0 Å². The molecule has 1 amide bonds. The number of aromatic nitrogens is 1. The minimum Gasteiger partial charge on any atom is -0.326 e. The monoisotopic (exact) mass is 364 g/mol. The number of nitrogens with one attached hydrogen (secondary N) is 1. The summed E-state index contributed by atoms with van der Waals surface area (Å²) in [5.74, 6) is -0.0525. The van der Waals surface area contributed by atoms with Crippen LogP contribution in [0.2, 0.25) is 0 Å². The van der Waals surface area contributed by atoms with Crippen molar-refractivity contribution >= 4 is 67.4 Å². The summed E-state index contributed by atoms with van der Waals surface area (Å²) in [5, 5.41) is 4.99. The second-order valence-corrected chi connectivity index (χ2v) is 5.73. The van der Waals surface area contributed by atoms with Crippen LogP contribution in [0.1, 0.15) is 6.92 Å². The molecule has 84 valence electrons. The Hall–Kier alpha value is -0.260. The van der Waals surface area contributed by atoms with E-state index in [2.05, 4.69) is 51.9 Å². The maximum Gasteiger partial charge on any atom is 0.221 e. The fraction of sp³-hybridized carbons (Fsp3) is 0.100. The summed E-state index contributed by atoms with van der Waals surface area (Å²) in [7, 11) is 4.25. The van der Waals surface area contributed by atoms with Crippen molar-refractivity contribution in [2.75, 3.05) is 5.32 Å². The lowest BCUT2D eigenvalue weighted by atomic mass is 10.2. The first-order valence-corrected chi connectivity index (χ1v) is 8.48. The van der Waals surface area contributed by atoms with Crippen molar-refractivity contribution in [3.05, 3.63) is 24.4 Å². The van der Waals surface area contributed by atoms with Gasteiger partial charge in [0.1, 0.15) is 0 Å². The summed E-state index contributed by atoms with van der Waals surface area (Å²) in [6.45, 7) is 1.51. The lowest BCUT2D eigenvalue weighted by Crippen LogP contribution is -2.11. The number of carbonyl (C=O) groups excluding carboxylic acids is 1. The van der Waals surface area contributed by atoms with Crippen LogP contribution in [0.5, 0.6) is 0 Å². The summed E-state index contributed by atoms with van der Waals surface area (Å²) in [4.78, 5) is 11.1. The quantitative estimate of drug-likeness (QED) is 0.657. The number of hydrogen-bond acceptors (Lipinski definition) is 2. The molecule has 1 atom stereocenters. The van der Waals surface area contributed by atoms with Crippen LogP contribution in [0.3, 0.4) is 0 Å². The first-order chi connectivity index (χ1) is 7.61. The molecular weight excluding hydrogens is 354 g/mol. The molecule has 2 aromatic rings. The maximum absolute atomic E-state index is 11.1. The normalized spacial score (nSPS) is 10.7. The average Bonchev–Trinajstić information content (AvgIpc) is 2.60. The number of fused-ring (bicyclic) bond motifs is 1. The molecule has 2 rings (SSSR count). The van der Waals surface area contributed by atoms with E-state index in [-0.39, 0.29) is 5.91 Å². The molecule has 0 saturated heterocycles. The molecule has 0 aliphatic rings. The van der Waals surface area contributed by atoms with E-state index in [9.17, 15) is 4.79 Å². The molecule has 3 nitrogen and oxygen atoms in total. The zero-order valence-corrected chi connectivity index (χ0v) is 12.7. The van der Waals surface area contributed by atoms with E-state index in [1.165, 1.54) is 12.3 Å². The summed E-state index contributed by atoms with van der Waals surface area (Å²) in [6, 6.07) is 6.10. The van der Waals surface area contributed by atoms with Gasteiger partial charge in [0.05, 0.1) is 11.2 Å². The average molecular weight is 364 g/mol. The highest BCUT2D eigenvalue weighted by Crippen LogP contribution is 2.27. The predicted molar refractivity (Wildman–Crippen MR) is 82.6 cm³/mol. The van der Waals surface area contributed by atoms with Gasteiger partial charge in [0.25, 0.3) is 0 Å². The Morgan fingerprint density at radius 1 is 1.56 bits per heavy atom. The van der Waals surface area contributed by atoms with Crippen molar-refractivity contribution in [2.24, 2.45) is 0 Å². The predicted octanol–water partition coefficient (Wildman–Crippen LogP) is 2.95. The van der Waals surface area contributed by atoms with Crippen LogP contribution in [0.15, 0.2) is 24.4 Å². The number of anilines is 1. The topological polar surface area (TPSA) is 34.0 Å². The Morgan fingerprint density at radius 2 is 2.31 bits per heavy atom. The molecule has 0 fully saturated rings. The molecule has 0 radical (unpaired) electrons. The van der Waals surface area contributed by atoms with Crippen molar-refractivity contribution in [2.45, 2.75) is 6.92 Å². The van der Waals surface area contributed by atoms with Gasteiger partial charge in [-0.05, 0) is 23.5 Å². The lowest BCUT2D eigenvalue weighted by molar-refractivity contribution is -0.114. The Bertz CT molecular complexity index is 555. The molecule has 0 bridgehead atoms. The van der Waals surface area contributed by atoms with Gasteiger partial charge < -0.3 is 5.32 Å². The van der Waals surface area contributed by atoms with Gasteiger partial charge in [-0.1, -0.05) is 0 Å². The van der Waals surface area contributed by atoms with E-state index in [1.807, 2.05) is 12.3 Å². The molecule has 16 heavy (non-hydrogen) atoms. The van der Waals surface area contributed by atoms with Gasteiger partial charge in [0, 0.05) is 48.8 Å². The summed E-state index contributed by atoms with van der Waals surface area (Å²) >= 11 is 2.23. The first-order valence-electron chi connectivity index (χ1n) is 4.59. The van der Waals surface area contributed by atoms with Crippen molar-refractivity contribution < 1.29 is 4.79 Å². The van der Waals surface area contributed by atoms with Crippen LogP contribution in [-0.2, 0) is 4.79 Å². The fourth-order valence-electron chi connectivity index (χ4n) is 1.53. The van der Waals surface area contributed by atoms with Crippen molar-refractivity contribution in [1.29, 1.82) is 0 Å². The third kappa shape index (κ3) is 2.36. The van der Waals surface area contributed by atoms with E-state index in [1.54, 1.807) is 9.12 Å². The Morgan fingerprint density at radius 3 is 2.94 bits per heavy atom. The van der Waals surface area contributed by atoms with E-state index in [0.29, 0.717) is 0 Å². The summed E-state index contributed by atoms with van der Waals surface area (Å²) in [6.07, 6.45) is 2.02. The van der Waals surface area contributed by atoms with Crippen LogP contribution in [-0.4, -0.2) is 9.88 Å². The first kappa shape index (κ1) is 12.2. The second kappa shape index (κ2) is 4.94. The molecule has 1 aromatic carbocycles. The summed E-state index contributed by atoms with van der Waals surface area (Å²) < 4.78 is 2.06. The number of nitrogens with zero attached hydrogens (tertiary/aromatic N) is 1. The molecule has 1 N–H and O–H groups in total. The standard InChI is InChI=1S/C10H10IN2OPS/c1-6(14)12-8-5-9-7(4-10(8)15)2-3-13(9)16-11/h2-5H,15H2,1H3,(H,12,14). The molecule has 1 aromatic heterocycles. The number of amides is 1. The van der Waals surface area contributed by atoms with Gasteiger partial charge >= 0.3 is 0 Å². The molecule has 1 heterocycles. The van der Waals surface area contributed by atoms with Gasteiger partial charge in [0.15, 0.2) is 0 Å². The van der Waals surface area contributed by atoms with Crippen molar-refractivity contribution in [1.82, 2.24) is 3.97 Å². The Balaban J connectivity index is 2.57. The third-order valence-corrected chi connectivity index (χ3v) is 4.43. The van der Waals surface area contributed by atoms with E-state index in [4.69, 9.17) is 0 Å². The molecule has 1 unspecified atom stereocenters. The fourth-order valence-corrected chi connectivity index (χ4v) is 3.24.